The molecule has 1 aromatic carbocycles. The fourth-order valence-electron chi connectivity index (χ4n) is 2.66. The van der Waals surface area contributed by atoms with E-state index < -0.39 is 21.9 Å². The highest BCUT2D eigenvalue weighted by molar-refractivity contribution is 7.89. The van der Waals surface area contributed by atoms with Gasteiger partial charge in [0.2, 0.25) is 10.0 Å². The number of benzene rings is 1. The molecule has 1 aromatic rings. The lowest BCUT2D eigenvalue weighted by atomic mass is 9.99. The Morgan fingerprint density at radius 1 is 1.32 bits per heavy atom. The number of carboxylic acid groups (broad SMARTS) is 1. The van der Waals surface area contributed by atoms with Crippen molar-refractivity contribution in [3.63, 3.8) is 0 Å². The molecule has 0 bridgehead atoms. The van der Waals surface area contributed by atoms with Crippen LogP contribution in [-0.4, -0.2) is 57.1 Å². The molecule has 138 valence electrons. The summed E-state index contributed by atoms with van der Waals surface area (Å²) in [6, 6.07) is 6.55. The summed E-state index contributed by atoms with van der Waals surface area (Å²) in [6.07, 6.45) is 0.496. The zero-order chi connectivity index (χ0) is 18.4. The molecule has 25 heavy (non-hydrogen) atoms. The Labute approximate surface area is 146 Å². The molecule has 9 heteroatoms. The van der Waals surface area contributed by atoms with Crippen LogP contribution in [-0.2, 0) is 14.8 Å². The van der Waals surface area contributed by atoms with Crippen LogP contribution in [0.4, 0.5) is 0 Å². The molecule has 1 N–H and O–H groups in total. The minimum Gasteiger partial charge on any atom is -0.550 e. The maximum atomic E-state index is 12.3. The lowest BCUT2D eigenvalue weighted by Crippen LogP contribution is -2.45. The van der Waals surface area contributed by atoms with E-state index in [1.54, 1.807) is 24.3 Å². The molecule has 1 amide bonds. The predicted octanol–water partition coefficient (Wildman–Crippen LogP) is -0.783. The average Bonchev–Trinajstić information content (AvgIpc) is 2.61. The number of aliphatic carboxylic acids is 1. The first kappa shape index (κ1) is 19.2. The smallest absolute Gasteiger partial charge is 0.251 e. The first-order valence-electron chi connectivity index (χ1n) is 7.94. The van der Waals surface area contributed by atoms with Crippen molar-refractivity contribution in [2.24, 2.45) is 5.92 Å². The highest BCUT2D eigenvalue weighted by Crippen LogP contribution is 2.19. The quantitative estimate of drug-likeness (QED) is 0.674. The van der Waals surface area contributed by atoms with Crippen LogP contribution in [0.1, 0.15) is 23.2 Å². The molecule has 0 aliphatic carbocycles. The van der Waals surface area contributed by atoms with E-state index in [1.807, 2.05) is 0 Å². The molecule has 1 fully saturated rings. The summed E-state index contributed by atoms with van der Waals surface area (Å²) in [6.45, 7) is 0.286. The number of ether oxygens (including phenoxy) is 1. The summed E-state index contributed by atoms with van der Waals surface area (Å²) in [7, 11) is -2.05. The number of carbonyl (C=O) groups is 2. The summed E-state index contributed by atoms with van der Waals surface area (Å²) in [4.78, 5) is 22.8. The third kappa shape index (κ3) is 5.17. The second kappa shape index (κ2) is 8.30. The van der Waals surface area contributed by atoms with Crippen LogP contribution in [0.25, 0.3) is 0 Å². The molecule has 0 aromatic heterocycles. The van der Waals surface area contributed by atoms with Crippen LogP contribution < -0.4 is 15.2 Å². The van der Waals surface area contributed by atoms with Gasteiger partial charge in [0.15, 0.2) is 0 Å². The maximum absolute atomic E-state index is 12.3. The van der Waals surface area contributed by atoms with Crippen LogP contribution in [0.3, 0.4) is 0 Å². The fraction of sp³-hybridized carbons (Fsp3) is 0.500. The summed E-state index contributed by atoms with van der Waals surface area (Å²) in [5.74, 6) is -1.82. The number of amides is 1. The van der Waals surface area contributed by atoms with E-state index in [9.17, 15) is 23.1 Å². The van der Waals surface area contributed by atoms with E-state index in [0.29, 0.717) is 11.3 Å². The van der Waals surface area contributed by atoms with Gasteiger partial charge < -0.3 is 20.0 Å². The molecule has 0 atom stereocenters. The van der Waals surface area contributed by atoms with Gasteiger partial charge in [0.25, 0.3) is 5.91 Å². The van der Waals surface area contributed by atoms with Crippen molar-refractivity contribution in [1.82, 2.24) is 9.62 Å². The molecule has 1 saturated heterocycles. The molecular weight excluding hydrogens is 348 g/mol. The van der Waals surface area contributed by atoms with Crippen LogP contribution in [0.15, 0.2) is 24.3 Å². The normalized spacial score (nSPS) is 16.4. The third-order valence-corrected chi connectivity index (χ3v) is 6.03. The number of hydrogen-bond acceptors (Lipinski definition) is 6. The Morgan fingerprint density at radius 3 is 2.60 bits per heavy atom. The lowest BCUT2D eigenvalue weighted by molar-refractivity contribution is -0.312. The van der Waals surface area contributed by atoms with Gasteiger partial charge in [-0.05, 0) is 31.0 Å². The van der Waals surface area contributed by atoms with Gasteiger partial charge in [0.1, 0.15) is 5.75 Å². The van der Waals surface area contributed by atoms with Crippen molar-refractivity contribution in [1.29, 1.82) is 0 Å². The second-order valence-corrected chi connectivity index (χ2v) is 7.88. The lowest BCUT2D eigenvalue weighted by Gasteiger charge is -2.31. The minimum absolute atomic E-state index is 0.0290. The predicted molar refractivity (Wildman–Crippen MR) is 88.4 cm³/mol. The van der Waals surface area contributed by atoms with Crippen molar-refractivity contribution in [2.75, 3.05) is 32.5 Å². The number of sulfonamides is 1. The van der Waals surface area contributed by atoms with Gasteiger partial charge in [0, 0.05) is 37.1 Å². The number of carbonyl (C=O) groups excluding carboxylic acids is 2. The van der Waals surface area contributed by atoms with E-state index in [1.165, 1.54) is 11.4 Å². The number of carboxylic acids is 1. The van der Waals surface area contributed by atoms with Gasteiger partial charge >= 0.3 is 0 Å². The monoisotopic (exact) mass is 369 g/mol. The molecule has 0 unspecified atom stereocenters. The standard InChI is InChI=1S/C16H22N2O6S/c1-24-14-4-2-3-13(11-14)15(19)17-7-10-25(22,23)18-8-5-12(6-9-18)16(20)21/h2-4,11-12H,5-10H2,1H3,(H,17,19)(H,20,21)/p-1. The number of methoxy groups -OCH3 is 1. The van der Waals surface area contributed by atoms with Crippen LogP contribution >= 0.6 is 0 Å². The number of rotatable bonds is 7. The van der Waals surface area contributed by atoms with Crippen molar-refractivity contribution in [3.8, 4) is 5.75 Å². The Morgan fingerprint density at radius 2 is 2.00 bits per heavy atom. The average molecular weight is 369 g/mol. The van der Waals surface area contributed by atoms with Crippen LogP contribution in [0.2, 0.25) is 0 Å². The number of piperidine rings is 1. The second-order valence-electron chi connectivity index (χ2n) is 5.80. The topological polar surface area (TPSA) is 116 Å². The Hall–Kier alpha value is -2.13. The van der Waals surface area contributed by atoms with Crippen molar-refractivity contribution < 1.29 is 27.9 Å². The molecule has 0 saturated carbocycles. The van der Waals surface area contributed by atoms with Crippen molar-refractivity contribution in [3.05, 3.63) is 29.8 Å². The summed E-state index contributed by atoms with van der Waals surface area (Å²) in [5, 5.41) is 13.4. The van der Waals surface area contributed by atoms with Crippen molar-refractivity contribution in [2.45, 2.75) is 12.8 Å². The minimum atomic E-state index is -3.54. The summed E-state index contributed by atoms with van der Waals surface area (Å²) >= 11 is 0. The zero-order valence-corrected chi connectivity index (χ0v) is 14.8. The first-order chi connectivity index (χ1) is 11.8. The molecule has 8 nitrogen and oxygen atoms in total. The molecule has 1 aliphatic heterocycles. The van der Waals surface area contributed by atoms with Crippen molar-refractivity contribution >= 4 is 21.9 Å². The zero-order valence-electron chi connectivity index (χ0n) is 13.9. The Kier molecular flexibility index (Phi) is 6.38. The van der Waals surface area contributed by atoms with Gasteiger partial charge in [-0.25, -0.2) is 12.7 Å². The molecule has 0 spiro atoms. The van der Waals surface area contributed by atoms with E-state index >= 15 is 0 Å². The Bertz CT molecular complexity index is 726. The summed E-state index contributed by atoms with van der Waals surface area (Å²) in [5.41, 5.74) is 0.381. The number of hydrogen-bond donors (Lipinski definition) is 1. The largest absolute Gasteiger partial charge is 0.550 e. The molecule has 1 aliphatic rings. The van der Waals surface area contributed by atoms with Gasteiger partial charge in [0.05, 0.1) is 12.9 Å². The van der Waals surface area contributed by atoms with E-state index in [0.717, 1.165) is 0 Å². The van der Waals surface area contributed by atoms with Gasteiger partial charge in [-0.3, -0.25) is 4.79 Å². The molecule has 0 radical (unpaired) electrons. The third-order valence-electron chi connectivity index (χ3n) is 4.16. The van der Waals surface area contributed by atoms with E-state index in [4.69, 9.17) is 4.74 Å². The summed E-state index contributed by atoms with van der Waals surface area (Å²) < 4.78 is 30.9. The molecule has 2 rings (SSSR count). The van der Waals surface area contributed by atoms with Crippen LogP contribution in [0.5, 0.6) is 5.75 Å². The Balaban J connectivity index is 1.84. The van der Waals surface area contributed by atoms with E-state index in [-0.39, 0.29) is 44.1 Å². The SMILES string of the molecule is COc1cccc(C(=O)NCCS(=O)(=O)N2CCC(C(=O)[O-])CC2)c1. The van der Waals surface area contributed by atoms with E-state index in [2.05, 4.69) is 5.32 Å². The highest BCUT2D eigenvalue weighted by atomic mass is 32.2. The van der Waals surface area contributed by atoms with Gasteiger partial charge in [-0.1, -0.05) is 6.07 Å². The fourth-order valence-corrected chi connectivity index (χ4v) is 4.04. The number of nitrogens with one attached hydrogen (secondary N) is 1. The van der Waals surface area contributed by atoms with Gasteiger partial charge in [-0.2, -0.15) is 0 Å². The first-order valence-corrected chi connectivity index (χ1v) is 9.55. The molecule has 1 heterocycles. The highest BCUT2D eigenvalue weighted by Gasteiger charge is 2.28. The maximum Gasteiger partial charge on any atom is 0.251 e. The van der Waals surface area contributed by atoms with Crippen LogP contribution in [0, 0.1) is 5.92 Å². The number of nitrogens with zero attached hydrogens (tertiary/aromatic N) is 1. The molecular formula is C16H21N2O6S-. The van der Waals surface area contributed by atoms with Gasteiger partial charge in [-0.15, -0.1) is 0 Å².